The highest BCUT2D eigenvalue weighted by Gasteiger charge is 2.19. The van der Waals surface area contributed by atoms with Gasteiger partial charge in [0.15, 0.2) is 5.56 Å². The van der Waals surface area contributed by atoms with Gasteiger partial charge in [-0.25, -0.2) is 14.2 Å². The standard InChI is InChI=1S/C13H10FNO3S/c1-19-9-4-2-3-8(7-9)18-12-11(13(16)17)10(14)5-6-15-12/h2-7H,1H3,(H,16,17). The Kier molecular flexibility index (Phi) is 4.01. The number of nitrogens with zero attached hydrogens (tertiary/aromatic N) is 1. The number of carboxylic acids is 1. The topological polar surface area (TPSA) is 59.4 Å². The summed E-state index contributed by atoms with van der Waals surface area (Å²) < 4.78 is 18.8. The maximum atomic E-state index is 13.4. The summed E-state index contributed by atoms with van der Waals surface area (Å²) in [6.07, 6.45) is 3.07. The van der Waals surface area contributed by atoms with Crippen molar-refractivity contribution in [2.45, 2.75) is 4.90 Å². The Morgan fingerprint density at radius 1 is 1.42 bits per heavy atom. The summed E-state index contributed by atoms with van der Waals surface area (Å²) in [4.78, 5) is 15.7. The molecular formula is C13H10FNO3S. The van der Waals surface area contributed by atoms with Gasteiger partial charge in [-0.3, -0.25) is 0 Å². The molecule has 98 valence electrons. The van der Waals surface area contributed by atoms with Crippen LogP contribution in [-0.2, 0) is 0 Å². The van der Waals surface area contributed by atoms with Crippen LogP contribution < -0.4 is 4.74 Å². The number of ether oxygens (including phenoxy) is 1. The van der Waals surface area contributed by atoms with Crippen molar-refractivity contribution in [1.29, 1.82) is 0 Å². The average Bonchev–Trinajstić information content (AvgIpc) is 2.38. The molecule has 0 fully saturated rings. The average molecular weight is 279 g/mol. The Hall–Kier alpha value is -2.08. The van der Waals surface area contributed by atoms with Crippen LogP contribution in [0.4, 0.5) is 4.39 Å². The summed E-state index contributed by atoms with van der Waals surface area (Å²) in [5.41, 5.74) is -0.572. The largest absolute Gasteiger partial charge is 0.477 e. The minimum absolute atomic E-state index is 0.259. The molecule has 0 aliphatic carbocycles. The van der Waals surface area contributed by atoms with Crippen LogP contribution in [0.15, 0.2) is 41.4 Å². The Bertz CT molecular complexity index is 619. The van der Waals surface area contributed by atoms with Gasteiger partial charge in [-0.05, 0) is 30.5 Å². The van der Waals surface area contributed by atoms with E-state index in [0.717, 1.165) is 17.2 Å². The molecule has 19 heavy (non-hydrogen) atoms. The second kappa shape index (κ2) is 5.71. The molecule has 1 N–H and O–H groups in total. The van der Waals surface area contributed by atoms with Crippen molar-refractivity contribution in [2.75, 3.05) is 6.26 Å². The highest BCUT2D eigenvalue weighted by molar-refractivity contribution is 7.98. The molecule has 0 unspecified atom stereocenters. The molecule has 0 amide bonds. The molecule has 0 aliphatic heterocycles. The maximum absolute atomic E-state index is 13.4. The van der Waals surface area contributed by atoms with Crippen LogP contribution in [0.2, 0.25) is 0 Å². The van der Waals surface area contributed by atoms with Crippen molar-refractivity contribution in [3.63, 3.8) is 0 Å². The fraction of sp³-hybridized carbons (Fsp3) is 0.0769. The number of pyridine rings is 1. The summed E-state index contributed by atoms with van der Waals surface area (Å²) in [5.74, 6) is -2.14. The van der Waals surface area contributed by atoms with Gasteiger partial charge >= 0.3 is 5.97 Å². The van der Waals surface area contributed by atoms with Crippen molar-refractivity contribution in [1.82, 2.24) is 4.98 Å². The van der Waals surface area contributed by atoms with Gasteiger partial charge < -0.3 is 9.84 Å². The number of aromatic nitrogens is 1. The highest BCUT2D eigenvalue weighted by Crippen LogP contribution is 2.27. The van der Waals surface area contributed by atoms with Crippen molar-refractivity contribution >= 4 is 17.7 Å². The Morgan fingerprint density at radius 3 is 2.89 bits per heavy atom. The number of benzene rings is 1. The number of aromatic carboxylic acids is 1. The summed E-state index contributed by atoms with van der Waals surface area (Å²) >= 11 is 1.52. The van der Waals surface area contributed by atoms with Gasteiger partial charge in [-0.2, -0.15) is 0 Å². The third-order valence-electron chi connectivity index (χ3n) is 2.33. The van der Waals surface area contributed by atoms with Crippen LogP contribution in [-0.4, -0.2) is 22.3 Å². The molecule has 0 bridgehead atoms. The number of thioether (sulfide) groups is 1. The van der Waals surface area contributed by atoms with E-state index in [1.54, 1.807) is 18.2 Å². The van der Waals surface area contributed by atoms with Gasteiger partial charge in [-0.15, -0.1) is 11.8 Å². The maximum Gasteiger partial charge on any atom is 0.344 e. The molecule has 4 nitrogen and oxygen atoms in total. The van der Waals surface area contributed by atoms with E-state index in [2.05, 4.69) is 4.98 Å². The molecule has 2 rings (SSSR count). The van der Waals surface area contributed by atoms with Gasteiger partial charge in [0, 0.05) is 11.1 Å². The number of hydrogen-bond donors (Lipinski definition) is 1. The molecule has 0 aliphatic rings. The van der Waals surface area contributed by atoms with Crippen LogP contribution in [0.5, 0.6) is 11.6 Å². The molecule has 1 aromatic heterocycles. The van der Waals surface area contributed by atoms with Crippen molar-refractivity contribution < 1.29 is 19.0 Å². The van der Waals surface area contributed by atoms with Gasteiger partial charge in [0.05, 0.1) is 0 Å². The molecule has 1 heterocycles. The first-order valence-corrected chi connectivity index (χ1v) is 6.54. The lowest BCUT2D eigenvalue weighted by atomic mass is 10.2. The first-order chi connectivity index (χ1) is 9.11. The zero-order chi connectivity index (χ0) is 13.8. The van der Waals surface area contributed by atoms with Gasteiger partial charge in [0.1, 0.15) is 11.6 Å². The van der Waals surface area contributed by atoms with Gasteiger partial charge in [0.2, 0.25) is 5.88 Å². The fourth-order valence-corrected chi connectivity index (χ4v) is 1.92. The van der Waals surface area contributed by atoms with E-state index in [1.165, 1.54) is 11.8 Å². The number of hydrogen-bond acceptors (Lipinski definition) is 4. The molecule has 0 saturated heterocycles. The van der Waals surface area contributed by atoms with Crippen LogP contribution in [0.3, 0.4) is 0 Å². The summed E-state index contributed by atoms with van der Waals surface area (Å²) in [5, 5.41) is 8.96. The first-order valence-electron chi connectivity index (χ1n) is 5.31. The van der Waals surface area contributed by atoms with E-state index in [1.807, 2.05) is 12.3 Å². The lowest BCUT2D eigenvalue weighted by molar-refractivity contribution is 0.0688. The molecular weight excluding hydrogens is 269 g/mol. The second-order valence-electron chi connectivity index (χ2n) is 3.56. The molecule has 6 heteroatoms. The third-order valence-corrected chi connectivity index (χ3v) is 3.06. The van der Waals surface area contributed by atoms with Gasteiger partial charge in [0.25, 0.3) is 0 Å². The smallest absolute Gasteiger partial charge is 0.344 e. The predicted molar refractivity (Wildman–Crippen MR) is 69.5 cm³/mol. The third kappa shape index (κ3) is 3.03. The van der Waals surface area contributed by atoms with E-state index in [0.29, 0.717) is 5.75 Å². The molecule has 2 aromatic rings. The highest BCUT2D eigenvalue weighted by atomic mass is 32.2. The lowest BCUT2D eigenvalue weighted by Gasteiger charge is -2.08. The molecule has 0 saturated carbocycles. The Morgan fingerprint density at radius 2 is 2.21 bits per heavy atom. The number of rotatable bonds is 4. The van der Waals surface area contributed by atoms with Crippen molar-refractivity contribution in [3.05, 3.63) is 47.9 Å². The molecule has 0 radical (unpaired) electrons. The number of carboxylic acid groups (broad SMARTS) is 1. The molecule has 0 atom stereocenters. The van der Waals surface area contributed by atoms with E-state index >= 15 is 0 Å². The van der Waals surface area contributed by atoms with E-state index < -0.39 is 17.3 Å². The minimum Gasteiger partial charge on any atom is -0.477 e. The summed E-state index contributed by atoms with van der Waals surface area (Å²) in [7, 11) is 0. The SMILES string of the molecule is CSc1cccc(Oc2nccc(F)c2C(=O)O)c1. The number of halogens is 1. The van der Waals surface area contributed by atoms with Gasteiger partial charge in [-0.1, -0.05) is 6.07 Å². The fourth-order valence-electron chi connectivity index (χ4n) is 1.47. The van der Waals surface area contributed by atoms with E-state index in [-0.39, 0.29) is 5.88 Å². The quantitative estimate of drug-likeness (QED) is 0.869. The second-order valence-corrected chi connectivity index (χ2v) is 4.44. The van der Waals surface area contributed by atoms with Crippen molar-refractivity contribution in [2.24, 2.45) is 0 Å². The van der Waals surface area contributed by atoms with Crippen molar-refractivity contribution in [3.8, 4) is 11.6 Å². The van der Waals surface area contributed by atoms with Crippen LogP contribution in [0.1, 0.15) is 10.4 Å². The van der Waals surface area contributed by atoms with Crippen LogP contribution >= 0.6 is 11.8 Å². The lowest BCUT2D eigenvalue weighted by Crippen LogP contribution is -2.05. The molecule has 1 aromatic carbocycles. The zero-order valence-corrected chi connectivity index (χ0v) is 10.8. The normalized spacial score (nSPS) is 10.2. The predicted octanol–water partition coefficient (Wildman–Crippen LogP) is 3.43. The summed E-state index contributed by atoms with van der Waals surface area (Å²) in [6, 6.07) is 8.00. The Balaban J connectivity index is 2.38. The first kappa shape index (κ1) is 13.4. The van der Waals surface area contributed by atoms with Crippen LogP contribution in [0.25, 0.3) is 0 Å². The summed E-state index contributed by atoms with van der Waals surface area (Å²) in [6.45, 7) is 0. The monoisotopic (exact) mass is 279 g/mol. The zero-order valence-electron chi connectivity index (χ0n) is 9.96. The molecule has 0 spiro atoms. The van der Waals surface area contributed by atoms with E-state index in [4.69, 9.17) is 9.84 Å². The Labute approximate surface area is 113 Å². The number of carbonyl (C=O) groups is 1. The van der Waals surface area contributed by atoms with E-state index in [9.17, 15) is 9.18 Å². The minimum atomic E-state index is -1.42. The van der Waals surface area contributed by atoms with Crippen LogP contribution in [0, 0.1) is 5.82 Å².